The number of amides is 1. The number of carbonyl (C=O) groups excluding carboxylic acids is 1. The van der Waals surface area contributed by atoms with E-state index in [-0.39, 0.29) is 6.04 Å². The van der Waals surface area contributed by atoms with Crippen molar-refractivity contribution in [2.45, 2.75) is 32.4 Å². The highest BCUT2D eigenvalue weighted by atomic mass is 32.2. The van der Waals surface area contributed by atoms with Gasteiger partial charge in [-0.1, -0.05) is 12.1 Å². The second-order valence-electron chi connectivity index (χ2n) is 10.2. The molecule has 1 aliphatic carbocycles. The number of benzene rings is 2. The number of aromatic nitrogens is 1. The molecule has 3 aromatic rings. The molecule has 0 radical (unpaired) electrons. The van der Waals surface area contributed by atoms with Crippen LogP contribution in [0.25, 0.3) is 10.9 Å². The van der Waals surface area contributed by atoms with E-state index in [1.807, 2.05) is 23.1 Å². The fraction of sp³-hybridized carbons (Fsp3) is 0.444. The number of carbonyl (C=O) groups is 1. The number of piperazine rings is 1. The second kappa shape index (κ2) is 9.88. The molecule has 0 unspecified atom stereocenters. The minimum Gasteiger partial charge on any atom is -0.496 e. The lowest BCUT2D eigenvalue weighted by atomic mass is 9.98. The smallest absolute Gasteiger partial charge is 0.264 e. The Labute approximate surface area is 212 Å². The molecule has 0 bridgehead atoms. The van der Waals surface area contributed by atoms with Gasteiger partial charge in [0.2, 0.25) is 10.0 Å². The highest BCUT2D eigenvalue weighted by molar-refractivity contribution is 7.89. The molecule has 1 amide bonds. The van der Waals surface area contributed by atoms with Gasteiger partial charge in [0.15, 0.2) is 0 Å². The number of aryl methyl sites for hydroxylation is 1. The molecular weight excluding hydrogens is 476 g/mol. The van der Waals surface area contributed by atoms with Crippen molar-refractivity contribution in [1.29, 1.82) is 0 Å². The molecule has 8 nitrogen and oxygen atoms in total. The molecule has 2 fully saturated rings. The number of hydrogen-bond donors (Lipinski definition) is 2. The van der Waals surface area contributed by atoms with Crippen LogP contribution in [0, 0.1) is 12.8 Å². The van der Waals surface area contributed by atoms with E-state index in [9.17, 15) is 13.2 Å². The van der Waals surface area contributed by atoms with Crippen molar-refractivity contribution in [2.24, 2.45) is 5.92 Å². The van der Waals surface area contributed by atoms with Crippen LogP contribution in [-0.2, 0) is 16.6 Å². The lowest BCUT2D eigenvalue weighted by molar-refractivity contribution is 0.0650. The summed E-state index contributed by atoms with van der Waals surface area (Å²) in [6.07, 6.45) is 5.60. The first-order valence-corrected chi connectivity index (χ1v) is 14.3. The topological polar surface area (TPSA) is 94.7 Å². The van der Waals surface area contributed by atoms with Crippen LogP contribution in [0.15, 0.2) is 42.6 Å². The van der Waals surface area contributed by atoms with Gasteiger partial charge in [-0.3, -0.25) is 14.6 Å². The highest BCUT2D eigenvalue weighted by Crippen LogP contribution is 2.36. The number of hydrogen-bond acceptors (Lipinski definition) is 6. The number of methoxy groups -OCH3 is 1. The quantitative estimate of drug-likeness (QED) is 0.482. The maximum Gasteiger partial charge on any atom is 0.264 e. The Morgan fingerprint density at radius 1 is 1.17 bits per heavy atom. The largest absolute Gasteiger partial charge is 0.496 e. The zero-order valence-electron chi connectivity index (χ0n) is 21.1. The summed E-state index contributed by atoms with van der Waals surface area (Å²) in [5.74, 6) is 1.10. The zero-order chi connectivity index (χ0) is 25.4. The van der Waals surface area contributed by atoms with Gasteiger partial charge in [-0.25, -0.2) is 13.1 Å². The first kappa shape index (κ1) is 24.8. The number of fused-ring (bicyclic) bond motifs is 1. The van der Waals surface area contributed by atoms with E-state index in [1.165, 1.54) is 23.8 Å². The van der Waals surface area contributed by atoms with E-state index in [2.05, 4.69) is 33.8 Å². The van der Waals surface area contributed by atoms with Crippen LogP contribution >= 0.6 is 0 Å². The predicted octanol–water partition coefficient (Wildman–Crippen LogP) is 3.44. The first-order valence-electron chi connectivity index (χ1n) is 12.4. The van der Waals surface area contributed by atoms with E-state index in [4.69, 9.17) is 4.74 Å². The van der Waals surface area contributed by atoms with Crippen molar-refractivity contribution in [2.75, 3.05) is 39.5 Å². The van der Waals surface area contributed by atoms with Gasteiger partial charge in [-0.05, 0) is 61.1 Å². The summed E-state index contributed by atoms with van der Waals surface area (Å²) >= 11 is 0. The molecule has 1 aromatic heterocycles. The van der Waals surface area contributed by atoms with E-state index in [1.54, 1.807) is 19.2 Å². The summed E-state index contributed by atoms with van der Waals surface area (Å²) < 4.78 is 30.8. The Morgan fingerprint density at radius 2 is 1.92 bits per heavy atom. The molecule has 2 aliphatic rings. The van der Waals surface area contributed by atoms with Crippen molar-refractivity contribution < 1.29 is 17.9 Å². The summed E-state index contributed by atoms with van der Waals surface area (Å²) in [4.78, 5) is 20.7. The van der Waals surface area contributed by atoms with Crippen molar-refractivity contribution in [3.8, 4) is 5.75 Å². The van der Waals surface area contributed by atoms with Gasteiger partial charge in [0.1, 0.15) is 5.75 Å². The van der Waals surface area contributed by atoms with Crippen molar-refractivity contribution >= 4 is 26.8 Å². The van der Waals surface area contributed by atoms with Crippen molar-refractivity contribution in [3.05, 3.63) is 64.8 Å². The zero-order valence-corrected chi connectivity index (χ0v) is 21.9. The highest BCUT2D eigenvalue weighted by Gasteiger charge is 2.33. The molecule has 2 N–H and O–H groups in total. The average molecular weight is 511 g/mol. The Kier molecular flexibility index (Phi) is 6.80. The van der Waals surface area contributed by atoms with Crippen LogP contribution in [0.3, 0.4) is 0 Å². The van der Waals surface area contributed by atoms with Gasteiger partial charge in [0.25, 0.3) is 5.91 Å². The minimum atomic E-state index is -3.61. The van der Waals surface area contributed by atoms with Crippen LogP contribution in [0.2, 0.25) is 0 Å². The Morgan fingerprint density at radius 3 is 2.58 bits per heavy atom. The molecule has 5 rings (SSSR count). The maximum atomic E-state index is 12.3. The number of aromatic amines is 1. The van der Waals surface area contributed by atoms with Gasteiger partial charge in [-0.15, -0.1) is 0 Å². The molecule has 2 heterocycles. The fourth-order valence-electron chi connectivity index (χ4n) is 5.28. The fourth-order valence-corrected chi connectivity index (χ4v) is 5.74. The van der Waals surface area contributed by atoms with E-state index >= 15 is 0 Å². The predicted molar refractivity (Wildman–Crippen MR) is 141 cm³/mol. The first-order chi connectivity index (χ1) is 17.2. The normalized spacial score (nSPS) is 19.5. The summed E-state index contributed by atoms with van der Waals surface area (Å²) in [6.45, 7) is 6.83. The van der Waals surface area contributed by atoms with Gasteiger partial charge in [-0.2, -0.15) is 0 Å². The summed E-state index contributed by atoms with van der Waals surface area (Å²) in [7, 11) is -1.89. The number of ether oxygens (including phenoxy) is 1. The number of nitrogens with one attached hydrogen (secondary N) is 2. The third kappa shape index (κ3) is 5.43. The number of sulfonamides is 1. The summed E-state index contributed by atoms with van der Waals surface area (Å²) in [5.41, 5.74) is 4.91. The van der Waals surface area contributed by atoms with Crippen molar-refractivity contribution in [1.82, 2.24) is 19.5 Å². The van der Waals surface area contributed by atoms with Crippen LogP contribution in [-0.4, -0.2) is 68.7 Å². The molecular formula is C27H34N4O4S. The lowest BCUT2D eigenvalue weighted by Crippen LogP contribution is -2.48. The molecule has 1 aliphatic heterocycles. The van der Waals surface area contributed by atoms with Gasteiger partial charge in [0.05, 0.1) is 13.4 Å². The monoisotopic (exact) mass is 510 g/mol. The molecule has 1 saturated heterocycles. The van der Waals surface area contributed by atoms with Gasteiger partial charge in [0, 0.05) is 67.0 Å². The number of nitrogens with zero attached hydrogens (tertiary/aromatic N) is 2. The van der Waals surface area contributed by atoms with Crippen LogP contribution in [0.1, 0.15) is 45.9 Å². The van der Waals surface area contributed by atoms with Crippen molar-refractivity contribution in [3.63, 3.8) is 0 Å². The van der Waals surface area contributed by atoms with Gasteiger partial charge < -0.3 is 9.72 Å². The minimum absolute atomic E-state index is 0.143. The van der Waals surface area contributed by atoms with E-state index < -0.39 is 15.9 Å². The standard InChI is InChI=1S/C27H34N4O4S/c1-18-14-25(35-2)23(22-10-11-28-26(18)22)16-31-13-12-30(15-19-4-5-19)17-24(31)20-6-8-21(9-7-20)27(32)29-36(3,33)34/h6-11,14,19,24,28H,4-5,12-13,15-17H2,1-3H3,(H,29,32)/t24-/m0/s1. The Hall–Kier alpha value is -2.88. The maximum absolute atomic E-state index is 12.3. The summed E-state index contributed by atoms with van der Waals surface area (Å²) in [5, 5.41) is 1.18. The Bertz CT molecular complexity index is 1360. The molecule has 192 valence electrons. The summed E-state index contributed by atoms with van der Waals surface area (Å²) in [6, 6.07) is 11.7. The van der Waals surface area contributed by atoms with Crippen LogP contribution in [0.4, 0.5) is 0 Å². The average Bonchev–Trinajstić information content (AvgIpc) is 3.51. The van der Waals surface area contributed by atoms with E-state index in [0.717, 1.165) is 67.3 Å². The second-order valence-corrected chi connectivity index (χ2v) is 11.9. The third-order valence-corrected chi connectivity index (χ3v) is 7.87. The Balaban J connectivity index is 1.44. The molecule has 0 spiro atoms. The third-order valence-electron chi connectivity index (χ3n) is 7.32. The number of rotatable bonds is 8. The lowest BCUT2D eigenvalue weighted by Gasteiger charge is -2.42. The number of H-pyrrole nitrogens is 1. The SMILES string of the molecule is COc1cc(C)c2[nH]ccc2c1CN1CCN(CC2CC2)C[C@H]1c1ccc(C(=O)NS(C)(=O)=O)cc1. The molecule has 9 heteroatoms. The van der Waals surface area contributed by atoms with Crippen LogP contribution in [0.5, 0.6) is 5.75 Å². The molecule has 36 heavy (non-hydrogen) atoms. The molecule has 1 atom stereocenters. The van der Waals surface area contributed by atoms with E-state index in [0.29, 0.717) is 5.56 Å². The molecule has 2 aromatic carbocycles. The molecule has 1 saturated carbocycles. The van der Waals surface area contributed by atoms with Gasteiger partial charge >= 0.3 is 0 Å². The van der Waals surface area contributed by atoms with Crippen LogP contribution < -0.4 is 9.46 Å².